The van der Waals surface area contributed by atoms with Gasteiger partial charge in [0.25, 0.3) is 0 Å². The molecular formula is C7H7BrN2OS. The molecule has 1 aliphatic rings. The van der Waals surface area contributed by atoms with Crippen LogP contribution in [0.4, 0.5) is 5.82 Å². The van der Waals surface area contributed by atoms with Crippen molar-refractivity contribution in [1.29, 1.82) is 0 Å². The standard InChI is InChI=1S/C7H7BrN2OS/c8-7-10-5(3-12-7)9-6(11)4-1-2-4/h3-4H,1-2H2,(H,9,11). The van der Waals surface area contributed by atoms with Crippen LogP contribution in [0.1, 0.15) is 12.8 Å². The van der Waals surface area contributed by atoms with Gasteiger partial charge in [-0.05, 0) is 28.8 Å². The second-order valence-corrected chi connectivity index (χ2v) is 4.88. The molecule has 0 aromatic carbocycles. The summed E-state index contributed by atoms with van der Waals surface area (Å²) in [6, 6.07) is 0. The summed E-state index contributed by atoms with van der Waals surface area (Å²) in [5.41, 5.74) is 0. The number of nitrogens with zero attached hydrogens (tertiary/aromatic N) is 1. The van der Waals surface area contributed by atoms with E-state index in [1.807, 2.05) is 5.38 Å². The molecule has 0 bridgehead atoms. The van der Waals surface area contributed by atoms with Crippen molar-refractivity contribution in [2.75, 3.05) is 5.32 Å². The van der Waals surface area contributed by atoms with E-state index in [4.69, 9.17) is 0 Å². The number of carbonyl (C=O) groups excluding carboxylic acids is 1. The molecule has 1 heterocycles. The summed E-state index contributed by atoms with van der Waals surface area (Å²) in [5, 5.41) is 4.58. The number of aromatic nitrogens is 1. The van der Waals surface area contributed by atoms with E-state index in [0.717, 1.165) is 16.8 Å². The Hall–Kier alpha value is -0.420. The minimum Gasteiger partial charge on any atom is -0.310 e. The van der Waals surface area contributed by atoms with E-state index in [-0.39, 0.29) is 11.8 Å². The van der Waals surface area contributed by atoms with E-state index in [1.165, 1.54) is 11.3 Å². The quantitative estimate of drug-likeness (QED) is 0.870. The molecule has 1 amide bonds. The largest absolute Gasteiger partial charge is 0.310 e. The van der Waals surface area contributed by atoms with Crippen molar-refractivity contribution < 1.29 is 4.79 Å². The maximum atomic E-state index is 11.2. The number of carbonyl (C=O) groups is 1. The van der Waals surface area contributed by atoms with Crippen LogP contribution in [-0.2, 0) is 4.79 Å². The predicted molar refractivity (Wildman–Crippen MR) is 51.2 cm³/mol. The Balaban J connectivity index is 1.98. The summed E-state index contributed by atoms with van der Waals surface area (Å²) in [4.78, 5) is 15.3. The molecule has 1 aromatic heterocycles. The third kappa shape index (κ3) is 1.84. The summed E-state index contributed by atoms with van der Waals surface area (Å²) in [5.74, 6) is 1.00. The van der Waals surface area contributed by atoms with Crippen LogP contribution >= 0.6 is 27.3 Å². The van der Waals surface area contributed by atoms with Gasteiger partial charge >= 0.3 is 0 Å². The van der Waals surface area contributed by atoms with Gasteiger partial charge in [-0.1, -0.05) is 0 Å². The number of halogens is 1. The molecule has 0 radical (unpaired) electrons. The number of hydrogen-bond donors (Lipinski definition) is 1. The van der Waals surface area contributed by atoms with Crippen LogP contribution in [-0.4, -0.2) is 10.9 Å². The molecule has 1 aliphatic carbocycles. The van der Waals surface area contributed by atoms with E-state index >= 15 is 0 Å². The highest BCUT2D eigenvalue weighted by atomic mass is 79.9. The van der Waals surface area contributed by atoms with Crippen LogP contribution in [0.25, 0.3) is 0 Å². The van der Waals surface area contributed by atoms with Crippen molar-refractivity contribution in [3.05, 3.63) is 9.30 Å². The Kier molecular flexibility index (Phi) is 2.14. The molecule has 64 valence electrons. The zero-order chi connectivity index (χ0) is 8.55. The fourth-order valence-corrected chi connectivity index (χ4v) is 1.83. The average Bonchev–Trinajstić information content (AvgIpc) is 2.78. The van der Waals surface area contributed by atoms with Gasteiger partial charge in [-0.2, -0.15) is 0 Å². The second-order valence-electron chi connectivity index (χ2n) is 2.75. The lowest BCUT2D eigenvalue weighted by atomic mass is 10.4. The summed E-state index contributed by atoms with van der Waals surface area (Å²) in [6.45, 7) is 0. The first-order chi connectivity index (χ1) is 5.75. The van der Waals surface area contributed by atoms with E-state index < -0.39 is 0 Å². The average molecular weight is 247 g/mol. The summed E-state index contributed by atoms with van der Waals surface area (Å²) in [7, 11) is 0. The fourth-order valence-electron chi connectivity index (χ4n) is 0.883. The summed E-state index contributed by atoms with van der Waals surface area (Å²) >= 11 is 4.70. The van der Waals surface area contributed by atoms with E-state index in [0.29, 0.717) is 5.82 Å². The molecule has 5 heteroatoms. The number of anilines is 1. The number of thiazole rings is 1. The molecule has 1 saturated carbocycles. The summed E-state index contributed by atoms with van der Waals surface area (Å²) in [6.07, 6.45) is 2.05. The number of amides is 1. The summed E-state index contributed by atoms with van der Waals surface area (Å²) < 4.78 is 0.800. The van der Waals surface area contributed by atoms with Gasteiger partial charge in [0.05, 0.1) is 0 Å². The third-order valence-electron chi connectivity index (χ3n) is 1.68. The highest BCUT2D eigenvalue weighted by Gasteiger charge is 2.29. The zero-order valence-electron chi connectivity index (χ0n) is 6.21. The molecule has 3 nitrogen and oxygen atoms in total. The van der Waals surface area contributed by atoms with Gasteiger partial charge < -0.3 is 5.32 Å². The molecule has 12 heavy (non-hydrogen) atoms. The number of hydrogen-bond acceptors (Lipinski definition) is 3. The Morgan fingerprint density at radius 3 is 3.00 bits per heavy atom. The Morgan fingerprint density at radius 1 is 1.75 bits per heavy atom. The minimum atomic E-state index is 0.104. The van der Waals surface area contributed by atoms with Crippen molar-refractivity contribution in [1.82, 2.24) is 4.98 Å². The van der Waals surface area contributed by atoms with Gasteiger partial charge in [-0.15, -0.1) is 11.3 Å². The van der Waals surface area contributed by atoms with Gasteiger partial charge in [-0.3, -0.25) is 4.79 Å². The number of rotatable bonds is 2. The fraction of sp³-hybridized carbons (Fsp3) is 0.429. The zero-order valence-corrected chi connectivity index (χ0v) is 8.61. The highest BCUT2D eigenvalue weighted by Crippen LogP contribution is 2.30. The topological polar surface area (TPSA) is 42.0 Å². The van der Waals surface area contributed by atoms with Gasteiger partial charge in [0, 0.05) is 11.3 Å². The lowest BCUT2D eigenvalue weighted by Gasteiger charge is -1.97. The van der Waals surface area contributed by atoms with E-state index in [2.05, 4.69) is 26.2 Å². The van der Waals surface area contributed by atoms with Gasteiger partial charge in [0.2, 0.25) is 5.91 Å². The van der Waals surface area contributed by atoms with E-state index in [9.17, 15) is 4.79 Å². The third-order valence-corrected chi connectivity index (χ3v) is 3.04. The number of nitrogens with one attached hydrogen (secondary N) is 1. The van der Waals surface area contributed by atoms with Crippen LogP contribution in [0.5, 0.6) is 0 Å². The van der Waals surface area contributed by atoms with Gasteiger partial charge in [0.1, 0.15) is 5.82 Å². The van der Waals surface area contributed by atoms with Crippen LogP contribution in [0.2, 0.25) is 0 Å². The van der Waals surface area contributed by atoms with Crippen molar-refractivity contribution in [3.63, 3.8) is 0 Å². The Bertz CT molecular complexity index is 308. The molecule has 0 unspecified atom stereocenters. The first kappa shape index (κ1) is 8.19. The Morgan fingerprint density at radius 2 is 2.50 bits per heavy atom. The molecule has 2 rings (SSSR count). The lowest BCUT2D eigenvalue weighted by Crippen LogP contribution is -2.13. The highest BCUT2D eigenvalue weighted by molar-refractivity contribution is 9.11. The van der Waals surface area contributed by atoms with Crippen molar-refractivity contribution >= 4 is 39.0 Å². The normalized spacial score (nSPS) is 16.1. The molecule has 1 fully saturated rings. The first-order valence-corrected chi connectivity index (χ1v) is 5.35. The van der Waals surface area contributed by atoms with Crippen LogP contribution in [0, 0.1) is 5.92 Å². The molecular weight excluding hydrogens is 240 g/mol. The van der Waals surface area contributed by atoms with Gasteiger partial charge in [-0.25, -0.2) is 4.98 Å². The SMILES string of the molecule is O=C(Nc1csc(Br)n1)C1CC1. The van der Waals surface area contributed by atoms with Crippen molar-refractivity contribution in [2.24, 2.45) is 5.92 Å². The molecule has 0 spiro atoms. The lowest BCUT2D eigenvalue weighted by molar-refractivity contribution is -0.117. The molecule has 0 atom stereocenters. The Labute approximate surface area is 82.3 Å². The van der Waals surface area contributed by atoms with Crippen LogP contribution < -0.4 is 5.32 Å². The monoisotopic (exact) mass is 246 g/mol. The molecule has 1 N–H and O–H groups in total. The smallest absolute Gasteiger partial charge is 0.228 e. The second kappa shape index (κ2) is 3.14. The first-order valence-electron chi connectivity index (χ1n) is 3.67. The predicted octanol–water partition coefficient (Wildman–Crippen LogP) is 2.25. The van der Waals surface area contributed by atoms with Gasteiger partial charge in [0.15, 0.2) is 3.92 Å². The van der Waals surface area contributed by atoms with Crippen LogP contribution in [0.15, 0.2) is 9.30 Å². The van der Waals surface area contributed by atoms with Crippen LogP contribution in [0.3, 0.4) is 0 Å². The van der Waals surface area contributed by atoms with Crippen molar-refractivity contribution in [2.45, 2.75) is 12.8 Å². The van der Waals surface area contributed by atoms with Crippen molar-refractivity contribution in [3.8, 4) is 0 Å². The molecule has 0 aliphatic heterocycles. The maximum absolute atomic E-state index is 11.2. The molecule has 1 aromatic rings. The van der Waals surface area contributed by atoms with E-state index in [1.54, 1.807) is 0 Å². The minimum absolute atomic E-state index is 0.104. The maximum Gasteiger partial charge on any atom is 0.228 e. The molecule has 0 saturated heterocycles.